The molecule has 1 aromatic carbocycles. The number of rotatable bonds is 3. The van der Waals surface area contributed by atoms with E-state index in [0.29, 0.717) is 24.5 Å². The van der Waals surface area contributed by atoms with E-state index in [9.17, 15) is 4.79 Å². The molecule has 1 saturated heterocycles. The maximum atomic E-state index is 12.4. The Kier molecular flexibility index (Phi) is 3.20. The van der Waals surface area contributed by atoms with Crippen LogP contribution in [0, 0.1) is 6.92 Å². The molecule has 3 rings (SSSR count). The molecule has 1 aliphatic rings. The first kappa shape index (κ1) is 12.7. The molecule has 1 aromatic heterocycles. The van der Waals surface area contributed by atoms with Gasteiger partial charge in [-0.05, 0) is 18.6 Å². The Labute approximate surface area is 117 Å². The van der Waals surface area contributed by atoms with E-state index in [0.717, 1.165) is 5.56 Å². The maximum Gasteiger partial charge on any atom is 0.254 e. The predicted molar refractivity (Wildman–Crippen MR) is 73.2 cm³/mol. The maximum absolute atomic E-state index is 12.4. The highest BCUT2D eigenvalue weighted by Gasteiger charge is 2.42. The number of carbonyl (C=O) groups excluding carboxylic acids is 1. The third-order valence-electron chi connectivity index (χ3n) is 3.53. The lowest BCUT2D eigenvalue weighted by Gasteiger charge is -2.42. The normalized spacial score (nSPS) is 16.2. The van der Waals surface area contributed by atoms with Crippen molar-refractivity contribution in [3.8, 4) is 0 Å². The van der Waals surface area contributed by atoms with Crippen LogP contribution in [0.3, 0.4) is 0 Å². The van der Waals surface area contributed by atoms with Crippen LogP contribution >= 0.6 is 0 Å². The van der Waals surface area contributed by atoms with Gasteiger partial charge in [0.1, 0.15) is 5.54 Å². The summed E-state index contributed by atoms with van der Waals surface area (Å²) in [5.41, 5.74) is 1.78. The van der Waals surface area contributed by atoms with Crippen LogP contribution in [0.1, 0.15) is 21.6 Å². The molecule has 1 fully saturated rings. The van der Waals surface area contributed by atoms with Crippen molar-refractivity contribution in [3.63, 3.8) is 0 Å². The Morgan fingerprint density at radius 1 is 1.25 bits per heavy atom. The van der Waals surface area contributed by atoms with Gasteiger partial charge in [-0.15, -0.1) is 0 Å². The van der Waals surface area contributed by atoms with Crippen molar-refractivity contribution in [2.75, 3.05) is 13.2 Å². The molecule has 0 saturated carbocycles. The number of nitrogens with zero attached hydrogens (tertiary/aromatic N) is 2. The summed E-state index contributed by atoms with van der Waals surface area (Å²) < 4.78 is 5.32. The average molecular weight is 269 g/mol. The molecule has 0 spiro atoms. The number of aromatic nitrogens is 2. The molecule has 102 valence electrons. The summed E-state index contributed by atoms with van der Waals surface area (Å²) >= 11 is 0. The molecular weight excluding hydrogens is 254 g/mol. The van der Waals surface area contributed by atoms with Gasteiger partial charge in [-0.1, -0.05) is 30.3 Å². The van der Waals surface area contributed by atoms with Crippen molar-refractivity contribution in [1.82, 2.24) is 15.5 Å². The van der Waals surface area contributed by atoms with Gasteiger partial charge in [0, 0.05) is 0 Å². The summed E-state index contributed by atoms with van der Waals surface area (Å²) in [6.07, 6.45) is 1.52. The summed E-state index contributed by atoms with van der Waals surface area (Å²) in [5, 5.41) is 10.7. The van der Waals surface area contributed by atoms with Crippen LogP contribution in [-0.4, -0.2) is 29.3 Å². The Morgan fingerprint density at radius 2 is 2.00 bits per heavy atom. The van der Waals surface area contributed by atoms with Crippen molar-refractivity contribution in [2.45, 2.75) is 12.5 Å². The number of carbonyl (C=O) groups is 1. The highest BCUT2D eigenvalue weighted by atomic mass is 16.5. The Balaban J connectivity index is 1.86. The first-order valence-electron chi connectivity index (χ1n) is 6.45. The molecule has 0 aliphatic carbocycles. The van der Waals surface area contributed by atoms with Crippen molar-refractivity contribution in [1.29, 1.82) is 0 Å². The van der Waals surface area contributed by atoms with Crippen molar-refractivity contribution in [3.05, 3.63) is 59.4 Å². The molecule has 0 bridgehead atoms. The van der Waals surface area contributed by atoms with Crippen molar-refractivity contribution >= 4 is 5.91 Å². The molecule has 1 N–H and O–H groups in total. The summed E-state index contributed by atoms with van der Waals surface area (Å²) in [5.74, 6) is -0.149. The molecule has 5 heteroatoms. The fourth-order valence-corrected chi connectivity index (χ4v) is 2.30. The highest BCUT2D eigenvalue weighted by molar-refractivity contribution is 5.95. The van der Waals surface area contributed by atoms with E-state index < -0.39 is 5.54 Å². The summed E-state index contributed by atoms with van der Waals surface area (Å²) in [6, 6.07) is 11.5. The molecule has 0 unspecified atom stereocenters. The van der Waals surface area contributed by atoms with Gasteiger partial charge in [-0.2, -0.15) is 10.2 Å². The Hall–Kier alpha value is -2.27. The zero-order chi connectivity index (χ0) is 14.0. The van der Waals surface area contributed by atoms with Crippen LogP contribution < -0.4 is 5.32 Å². The third-order valence-corrected chi connectivity index (χ3v) is 3.53. The average Bonchev–Trinajstić information content (AvgIpc) is 2.44. The van der Waals surface area contributed by atoms with E-state index >= 15 is 0 Å². The first-order valence-corrected chi connectivity index (χ1v) is 6.45. The Bertz CT molecular complexity index is 624. The lowest BCUT2D eigenvalue weighted by Crippen LogP contribution is -2.59. The molecule has 5 nitrogen and oxygen atoms in total. The van der Waals surface area contributed by atoms with E-state index in [1.54, 1.807) is 13.0 Å². The van der Waals surface area contributed by atoms with Gasteiger partial charge in [0.05, 0.1) is 30.7 Å². The number of hydrogen-bond acceptors (Lipinski definition) is 4. The lowest BCUT2D eigenvalue weighted by molar-refractivity contribution is -0.0734. The van der Waals surface area contributed by atoms with E-state index in [2.05, 4.69) is 15.5 Å². The number of benzene rings is 1. The van der Waals surface area contributed by atoms with Crippen LogP contribution in [0.25, 0.3) is 0 Å². The molecule has 0 radical (unpaired) electrons. The summed E-state index contributed by atoms with van der Waals surface area (Å²) in [7, 11) is 0. The minimum atomic E-state index is -0.436. The second kappa shape index (κ2) is 5.02. The molecule has 2 aromatic rings. The van der Waals surface area contributed by atoms with Crippen molar-refractivity contribution in [2.24, 2.45) is 0 Å². The van der Waals surface area contributed by atoms with Gasteiger partial charge in [0.2, 0.25) is 0 Å². The van der Waals surface area contributed by atoms with E-state index in [1.807, 2.05) is 30.3 Å². The minimum absolute atomic E-state index is 0.149. The van der Waals surface area contributed by atoms with Crippen LogP contribution in [-0.2, 0) is 10.3 Å². The SMILES string of the molecule is Cc1nnccc1C(=O)NC1(c2ccccc2)COC1. The zero-order valence-corrected chi connectivity index (χ0v) is 11.2. The summed E-state index contributed by atoms with van der Waals surface area (Å²) in [6.45, 7) is 2.75. The van der Waals surface area contributed by atoms with Gasteiger partial charge >= 0.3 is 0 Å². The molecule has 1 aliphatic heterocycles. The second-order valence-corrected chi connectivity index (χ2v) is 4.93. The van der Waals surface area contributed by atoms with Gasteiger partial charge in [-0.3, -0.25) is 4.79 Å². The highest BCUT2D eigenvalue weighted by Crippen LogP contribution is 2.29. The van der Waals surface area contributed by atoms with E-state index in [4.69, 9.17) is 4.74 Å². The van der Waals surface area contributed by atoms with Crippen LogP contribution in [0.15, 0.2) is 42.6 Å². The van der Waals surface area contributed by atoms with E-state index in [-0.39, 0.29) is 5.91 Å². The summed E-state index contributed by atoms with van der Waals surface area (Å²) in [4.78, 5) is 12.4. The molecule has 1 amide bonds. The Morgan fingerprint density at radius 3 is 2.60 bits per heavy atom. The van der Waals surface area contributed by atoms with Crippen LogP contribution in [0.5, 0.6) is 0 Å². The molecule has 20 heavy (non-hydrogen) atoms. The first-order chi connectivity index (χ1) is 9.71. The van der Waals surface area contributed by atoms with Crippen LogP contribution in [0.2, 0.25) is 0 Å². The van der Waals surface area contributed by atoms with Gasteiger partial charge < -0.3 is 10.1 Å². The minimum Gasteiger partial charge on any atom is -0.376 e. The molecule has 2 heterocycles. The number of nitrogens with one attached hydrogen (secondary N) is 1. The molecule has 0 atom stereocenters. The van der Waals surface area contributed by atoms with E-state index in [1.165, 1.54) is 6.20 Å². The zero-order valence-electron chi connectivity index (χ0n) is 11.2. The van der Waals surface area contributed by atoms with Gasteiger partial charge in [0.15, 0.2) is 0 Å². The van der Waals surface area contributed by atoms with Gasteiger partial charge in [0.25, 0.3) is 5.91 Å². The number of aryl methyl sites for hydroxylation is 1. The number of amides is 1. The quantitative estimate of drug-likeness (QED) is 0.915. The van der Waals surface area contributed by atoms with Crippen LogP contribution in [0.4, 0.5) is 0 Å². The topological polar surface area (TPSA) is 64.1 Å². The molecular formula is C15H15N3O2. The lowest BCUT2D eigenvalue weighted by atomic mass is 9.87. The monoisotopic (exact) mass is 269 g/mol. The predicted octanol–water partition coefficient (Wildman–Crippen LogP) is 1.44. The third kappa shape index (κ3) is 2.16. The number of hydrogen-bond donors (Lipinski definition) is 1. The largest absolute Gasteiger partial charge is 0.376 e. The fraction of sp³-hybridized carbons (Fsp3) is 0.267. The smallest absolute Gasteiger partial charge is 0.254 e. The fourth-order valence-electron chi connectivity index (χ4n) is 2.30. The second-order valence-electron chi connectivity index (χ2n) is 4.93. The van der Waals surface area contributed by atoms with Gasteiger partial charge in [-0.25, -0.2) is 0 Å². The standard InChI is InChI=1S/C15H15N3O2/c1-11-13(7-8-16-18-11)14(19)17-15(9-20-10-15)12-5-3-2-4-6-12/h2-8H,9-10H2,1H3,(H,17,19). The van der Waals surface area contributed by atoms with Crippen molar-refractivity contribution < 1.29 is 9.53 Å². The number of ether oxygens (including phenoxy) is 1.